The van der Waals surface area contributed by atoms with Crippen molar-refractivity contribution >= 4 is 21.7 Å². The number of fused-ring (bicyclic) bond motifs is 1. The molecular weight excluding hydrogens is 424 g/mol. The summed E-state index contributed by atoms with van der Waals surface area (Å²) in [6.45, 7) is 3.97. The molecular formula is C25H38N2O4S. The monoisotopic (exact) mass is 462 g/mol. The lowest BCUT2D eigenvalue weighted by molar-refractivity contribution is -0.140. The van der Waals surface area contributed by atoms with E-state index in [0.29, 0.717) is 19.3 Å². The quantitative estimate of drug-likeness (QED) is 0.609. The van der Waals surface area contributed by atoms with Gasteiger partial charge < -0.3 is 10.2 Å². The second-order valence-electron chi connectivity index (χ2n) is 9.34. The highest BCUT2D eigenvalue weighted by atomic mass is 32.2. The van der Waals surface area contributed by atoms with Gasteiger partial charge in [0.2, 0.25) is 11.8 Å². The molecule has 0 bridgehead atoms. The first kappa shape index (κ1) is 24.7. The zero-order valence-electron chi connectivity index (χ0n) is 19.5. The summed E-state index contributed by atoms with van der Waals surface area (Å²) in [5.41, 5.74) is 1.01. The number of aryl methyl sites for hydroxylation is 1. The number of benzene rings is 1. The smallest absolute Gasteiger partial charge is 0.245 e. The van der Waals surface area contributed by atoms with E-state index >= 15 is 0 Å². The SMILES string of the molecule is CCC(CC)C(=O)N[C@H]1CCCC[C@H]2CC[C@@H](CS(=O)(=O)CCc3ccccc3)N2C1=O. The maximum absolute atomic E-state index is 13.5. The summed E-state index contributed by atoms with van der Waals surface area (Å²) in [4.78, 5) is 28.0. The maximum atomic E-state index is 13.5. The Bertz CT molecular complexity index is 867. The fraction of sp³-hybridized carbons (Fsp3) is 0.680. The van der Waals surface area contributed by atoms with Gasteiger partial charge in [0, 0.05) is 18.0 Å². The Morgan fingerprint density at radius 2 is 1.75 bits per heavy atom. The van der Waals surface area contributed by atoms with Crippen LogP contribution < -0.4 is 5.32 Å². The molecule has 2 aliphatic heterocycles. The van der Waals surface area contributed by atoms with Crippen molar-refractivity contribution in [2.75, 3.05) is 11.5 Å². The highest BCUT2D eigenvalue weighted by Gasteiger charge is 2.42. The lowest BCUT2D eigenvalue weighted by Crippen LogP contribution is -2.55. The highest BCUT2D eigenvalue weighted by molar-refractivity contribution is 7.91. The number of rotatable bonds is 9. The first-order valence-corrected chi connectivity index (χ1v) is 14.0. The van der Waals surface area contributed by atoms with Gasteiger partial charge in [0.15, 0.2) is 9.84 Å². The standard InChI is InChI=1S/C25H38N2O4S/c1-3-20(4-2)24(28)26-23-13-9-8-12-21-14-15-22(27(21)25(23)29)18-32(30,31)17-16-19-10-6-5-7-11-19/h5-7,10-11,20-23H,3-4,8-9,12-18H2,1-2H3,(H,26,28)/t21-,22-,23-/m0/s1. The summed E-state index contributed by atoms with van der Waals surface area (Å²) in [6.07, 6.45) is 6.99. The van der Waals surface area contributed by atoms with Gasteiger partial charge in [-0.3, -0.25) is 9.59 Å². The van der Waals surface area contributed by atoms with Crippen molar-refractivity contribution in [3.8, 4) is 0 Å². The molecule has 6 nitrogen and oxygen atoms in total. The van der Waals surface area contributed by atoms with Crippen molar-refractivity contribution in [1.29, 1.82) is 0 Å². The molecule has 0 radical (unpaired) electrons. The van der Waals surface area contributed by atoms with Gasteiger partial charge in [0.05, 0.1) is 11.5 Å². The third-order valence-electron chi connectivity index (χ3n) is 7.12. The summed E-state index contributed by atoms with van der Waals surface area (Å²) in [7, 11) is -3.30. The Hall–Kier alpha value is -1.89. The van der Waals surface area contributed by atoms with Crippen LogP contribution in [-0.2, 0) is 25.8 Å². The van der Waals surface area contributed by atoms with Crippen LogP contribution in [0.4, 0.5) is 0 Å². The van der Waals surface area contributed by atoms with E-state index in [0.717, 1.165) is 44.1 Å². The van der Waals surface area contributed by atoms with Crippen molar-refractivity contribution in [3.05, 3.63) is 35.9 Å². The average molecular weight is 463 g/mol. The van der Waals surface area contributed by atoms with Crippen LogP contribution in [0, 0.1) is 5.92 Å². The summed E-state index contributed by atoms with van der Waals surface area (Å²) in [5, 5.41) is 3.00. The van der Waals surface area contributed by atoms with Crippen LogP contribution in [0.25, 0.3) is 0 Å². The summed E-state index contributed by atoms with van der Waals surface area (Å²) in [6, 6.07) is 8.88. The number of carbonyl (C=O) groups is 2. The summed E-state index contributed by atoms with van der Waals surface area (Å²) >= 11 is 0. The van der Waals surface area contributed by atoms with Gasteiger partial charge in [-0.2, -0.15) is 0 Å². The fourth-order valence-corrected chi connectivity index (χ4v) is 6.80. The van der Waals surface area contributed by atoms with E-state index in [4.69, 9.17) is 0 Å². The van der Waals surface area contributed by atoms with Crippen molar-refractivity contribution in [3.63, 3.8) is 0 Å². The second kappa shape index (κ2) is 11.3. The van der Waals surface area contributed by atoms with Crippen molar-refractivity contribution in [1.82, 2.24) is 10.2 Å². The third kappa shape index (κ3) is 6.33. The van der Waals surface area contributed by atoms with E-state index < -0.39 is 15.9 Å². The first-order valence-electron chi connectivity index (χ1n) is 12.2. The van der Waals surface area contributed by atoms with Crippen LogP contribution in [0.1, 0.15) is 70.8 Å². The lowest BCUT2D eigenvalue weighted by atomic mass is 9.97. The van der Waals surface area contributed by atoms with Crippen molar-refractivity contribution in [2.45, 2.75) is 89.8 Å². The van der Waals surface area contributed by atoms with E-state index in [1.807, 2.05) is 49.1 Å². The molecule has 1 aromatic rings. The zero-order valence-corrected chi connectivity index (χ0v) is 20.3. The van der Waals surface area contributed by atoms with E-state index in [9.17, 15) is 18.0 Å². The molecule has 0 spiro atoms. The molecule has 2 fully saturated rings. The predicted molar refractivity (Wildman–Crippen MR) is 127 cm³/mol. The van der Waals surface area contributed by atoms with Crippen LogP contribution in [0.5, 0.6) is 0 Å². The molecule has 0 aliphatic carbocycles. The van der Waals surface area contributed by atoms with Gasteiger partial charge in [0.25, 0.3) is 0 Å². The number of carbonyl (C=O) groups excluding carboxylic acids is 2. The van der Waals surface area contributed by atoms with Crippen LogP contribution in [0.2, 0.25) is 0 Å². The molecule has 178 valence electrons. The van der Waals surface area contributed by atoms with Gasteiger partial charge in [-0.25, -0.2) is 8.42 Å². The largest absolute Gasteiger partial charge is 0.344 e. The summed E-state index contributed by atoms with van der Waals surface area (Å²) in [5.74, 6) is -0.132. The first-order chi connectivity index (χ1) is 15.3. The minimum absolute atomic E-state index is 0.00921. The van der Waals surface area contributed by atoms with Gasteiger partial charge in [-0.1, -0.05) is 57.0 Å². The molecule has 2 heterocycles. The van der Waals surface area contributed by atoms with Gasteiger partial charge in [-0.05, 0) is 50.5 Å². The molecule has 3 atom stereocenters. The van der Waals surface area contributed by atoms with E-state index in [1.54, 1.807) is 0 Å². The normalized spacial score (nSPS) is 24.2. The minimum atomic E-state index is -3.30. The molecule has 3 rings (SSSR count). The molecule has 1 N–H and O–H groups in total. The Morgan fingerprint density at radius 3 is 2.44 bits per heavy atom. The molecule has 0 saturated carbocycles. The lowest BCUT2D eigenvalue weighted by Gasteiger charge is -2.36. The highest BCUT2D eigenvalue weighted by Crippen LogP contribution is 2.32. The van der Waals surface area contributed by atoms with Crippen LogP contribution in [0.3, 0.4) is 0 Å². The molecule has 2 saturated heterocycles. The number of sulfone groups is 1. The van der Waals surface area contributed by atoms with Gasteiger partial charge in [0.1, 0.15) is 6.04 Å². The Labute approximate surface area is 193 Å². The zero-order chi connectivity index (χ0) is 23.1. The molecule has 7 heteroatoms. The van der Waals surface area contributed by atoms with Crippen LogP contribution in [-0.4, -0.2) is 54.8 Å². The average Bonchev–Trinajstić information content (AvgIpc) is 3.15. The number of hydrogen-bond acceptors (Lipinski definition) is 4. The maximum Gasteiger partial charge on any atom is 0.245 e. The van der Waals surface area contributed by atoms with E-state index in [2.05, 4.69) is 5.32 Å². The Morgan fingerprint density at radius 1 is 1.06 bits per heavy atom. The Balaban J connectivity index is 1.68. The topological polar surface area (TPSA) is 83.6 Å². The second-order valence-corrected chi connectivity index (χ2v) is 11.6. The number of amides is 2. The molecule has 2 amide bonds. The van der Waals surface area contributed by atoms with E-state index in [-0.39, 0.29) is 41.3 Å². The number of hydrogen-bond donors (Lipinski definition) is 1. The minimum Gasteiger partial charge on any atom is -0.344 e. The third-order valence-corrected chi connectivity index (χ3v) is 8.84. The molecule has 1 aromatic carbocycles. The van der Waals surface area contributed by atoms with E-state index in [1.165, 1.54) is 0 Å². The van der Waals surface area contributed by atoms with Crippen molar-refractivity contribution < 1.29 is 18.0 Å². The number of nitrogens with one attached hydrogen (secondary N) is 1. The van der Waals surface area contributed by atoms with Gasteiger partial charge in [-0.15, -0.1) is 0 Å². The van der Waals surface area contributed by atoms with Crippen molar-refractivity contribution in [2.24, 2.45) is 5.92 Å². The molecule has 32 heavy (non-hydrogen) atoms. The molecule has 0 unspecified atom stereocenters. The number of nitrogens with zero attached hydrogens (tertiary/aromatic N) is 1. The fourth-order valence-electron chi connectivity index (χ4n) is 5.18. The van der Waals surface area contributed by atoms with Gasteiger partial charge >= 0.3 is 0 Å². The predicted octanol–water partition coefficient (Wildman–Crippen LogP) is 3.50. The Kier molecular flexibility index (Phi) is 8.74. The molecule has 2 aliphatic rings. The van der Waals surface area contributed by atoms with Crippen LogP contribution >= 0.6 is 0 Å². The van der Waals surface area contributed by atoms with Crippen LogP contribution in [0.15, 0.2) is 30.3 Å². The summed E-state index contributed by atoms with van der Waals surface area (Å²) < 4.78 is 25.8. The molecule has 0 aromatic heterocycles.